The molecule has 0 radical (unpaired) electrons. The van der Waals surface area contributed by atoms with E-state index in [-0.39, 0.29) is 37.4 Å². The van der Waals surface area contributed by atoms with E-state index in [1.165, 1.54) is 0 Å². The van der Waals surface area contributed by atoms with Crippen molar-refractivity contribution in [1.29, 1.82) is 0 Å². The highest BCUT2D eigenvalue weighted by atomic mass is 19.1. The maximum atomic E-state index is 14.3. The zero-order chi connectivity index (χ0) is 22.8. The van der Waals surface area contributed by atoms with E-state index < -0.39 is 11.8 Å². The van der Waals surface area contributed by atoms with Crippen molar-refractivity contribution >= 4 is 11.7 Å². The highest BCUT2D eigenvalue weighted by molar-refractivity contribution is 5.79. The predicted octanol–water partition coefficient (Wildman–Crippen LogP) is 1.94. The average Bonchev–Trinajstić information content (AvgIpc) is 2.71. The Hall–Kier alpha value is -1.13. The van der Waals surface area contributed by atoms with Crippen LogP contribution in [0.1, 0.15) is 41.0 Å². The summed E-state index contributed by atoms with van der Waals surface area (Å²) in [6.45, 7) is 11.7. The Kier molecular flexibility index (Phi) is 16.9. The third-order valence-electron chi connectivity index (χ3n) is 4.21. The van der Waals surface area contributed by atoms with Crippen LogP contribution in [0.2, 0.25) is 0 Å². The van der Waals surface area contributed by atoms with Crippen LogP contribution >= 0.6 is 0 Å². The fourth-order valence-corrected chi connectivity index (χ4v) is 2.04. The first-order chi connectivity index (χ1) is 14.2. The Balaban J connectivity index is 3.51. The molecule has 0 aliphatic heterocycles. The number of hydrogen-bond acceptors (Lipinski definition) is 7. The molecule has 0 aliphatic rings. The number of alkyl halides is 1. The van der Waals surface area contributed by atoms with Gasteiger partial charge in [0.2, 0.25) is 5.91 Å². The van der Waals surface area contributed by atoms with Crippen LogP contribution in [-0.4, -0.2) is 89.5 Å². The molecular weight excluding hydrogens is 397 g/mol. The van der Waals surface area contributed by atoms with Crippen LogP contribution in [0.3, 0.4) is 0 Å². The van der Waals surface area contributed by atoms with E-state index in [4.69, 9.17) is 23.7 Å². The second kappa shape index (κ2) is 17.5. The van der Waals surface area contributed by atoms with Gasteiger partial charge in [0.1, 0.15) is 12.8 Å². The quantitative estimate of drug-likeness (QED) is 0.291. The maximum absolute atomic E-state index is 14.3. The minimum absolute atomic E-state index is 0.0759. The lowest BCUT2D eigenvalue weighted by atomic mass is 10.0. The SMILES string of the molecule is CCC(=O)COCCOCCOCCOCCOC(C)(C)C(F)CNC(=O)C(C)C. The van der Waals surface area contributed by atoms with E-state index in [1.807, 2.05) is 0 Å². The molecule has 0 rings (SSSR count). The van der Waals surface area contributed by atoms with Crippen LogP contribution in [0.5, 0.6) is 0 Å². The van der Waals surface area contributed by atoms with Gasteiger partial charge in [-0.2, -0.15) is 0 Å². The van der Waals surface area contributed by atoms with Crippen molar-refractivity contribution in [2.45, 2.75) is 52.8 Å². The highest BCUT2D eigenvalue weighted by Crippen LogP contribution is 2.17. The molecule has 0 spiro atoms. The standard InChI is InChI=1S/C21H40FNO7/c1-6-18(24)16-29-12-11-27-8-7-26-9-10-28-13-14-30-21(4,5)19(22)15-23-20(25)17(2)3/h17,19H,6-16H2,1-5H3,(H,23,25). The van der Waals surface area contributed by atoms with Gasteiger partial charge in [-0.05, 0) is 13.8 Å². The fourth-order valence-electron chi connectivity index (χ4n) is 2.04. The van der Waals surface area contributed by atoms with Gasteiger partial charge in [0, 0.05) is 12.3 Å². The molecule has 1 N–H and O–H groups in total. The van der Waals surface area contributed by atoms with Gasteiger partial charge in [0.15, 0.2) is 5.78 Å². The van der Waals surface area contributed by atoms with Gasteiger partial charge in [-0.25, -0.2) is 4.39 Å². The molecule has 0 aromatic rings. The summed E-state index contributed by atoms with van der Waals surface area (Å²) in [5.41, 5.74) is -1.02. The topological polar surface area (TPSA) is 92.3 Å². The van der Waals surface area contributed by atoms with Crippen LogP contribution in [0.4, 0.5) is 4.39 Å². The lowest BCUT2D eigenvalue weighted by molar-refractivity contribution is -0.126. The number of Topliss-reactive ketones (excluding diaryl/α,β-unsaturated/α-hetero) is 1. The summed E-state index contributed by atoms with van der Waals surface area (Å²) in [5, 5.41) is 2.57. The molecule has 1 amide bonds. The number of rotatable bonds is 20. The molecule has 0 aliphatic carbocycles. The molecule has 178 valence electrons. The molecule has 0 aromatic carbocycles. The van der Waals surface area contributed by atoms with E-state index in [9.17, 15) is 14.0 Å². The van der Waals surface area contributed by atoms with E-state index in [1.54, 1.807) is 34.6 Å². The van der Waals surface area contributed by atoms with Gasteiger partial charge in [0.05, 0.1) is 65.0 Å². The van der Waals surface area contributed by atoms with Crippen LogP contribution in [0.15, 0.2) is 0 Å². The van der Waals surface area contributed by atoms with Crippen LogP contribution in [-0.2, 0) is 33.3 Å². The Morgan fingerprint density at radius 3 is 1.80 bits per heavy atom. The second-order valence-corrected chi connectivity index (χ2v) is 7.60. The van der Waals surface area contributed by atoms with Gasteiger partial charge in [0.25, 0.3) is 0 Å². The van der Waals surface area contributed by atoms with Crippen molar-refractivity contribution in [2.24, 2.45) is 5.92 Å². The molecule has 0 fully saturated rings. The third-order valence-corrected chi connectivity index (χ3v) is 4.21. The summed E-state index contributed by atoms with van der Waals surface area (Å²) in [7, 11) is 0. The second-order valence-electron chi connectivity index (χ2n) is 7.60. The first-order valence-corrected chi connectivity index (χ1v) is 10.6. The molecule has 30 heavy (non-hydrogen) atoms. The molecular formula is C21H40FNO7. The van der Waals surface area contributed by atoms with Crippen molar-refractivity contribution in [3.63, 3.8) is 0 Å². The summed E-state index contributed by atoms with van der Waals surface area (Å²) < 4.78 is 41.1. The third kappa shape index (κ3) is 15.7. The fraction of sp³-hybridized carbons (Fsp3) is 0.905. The molecule has 0 bridgehead atoms. The van der Waals surface area contributed by atoms with E-state index in [0.29, 0.717) is 52.7 Å². The van der Waals surface area contributed by atoms with Crippen LogP contribution in [0.25, 0.3) is 0 Å². The number of carbonyl (C=O) groups is 2. The van der Waals surface area contributed by atoms with Gasteiger partial charge < -0.3 is 29.0 Å². The number of ketones is 1. The van der Waals surface area contributed by atoms with Crippen molar-refractivity contribution in [3.8, 4) is 0 Å². The first kappa shape index (κ1) is 28.9. The average molecular weight is 438 g/mol. The highest BCUT2D eigenvalue weighted by Gasteiger charge is 2.30. The minimum Gasteiger partial charge on any atom is -0.377 e. The molecule has 0 saturated heterocycles. The van der Waals surface area contributed by atoms with Crippen molar-refractivity contribution in [3.05, 3.63) is 0 Å². The minimum atomic E-state index is -1.32. The molecule has 1 atom stereocenters. The predicted molar refractivity (Wildman–Crippen MR) is 111 cm³/mol. The summed E-state index contributed by atoms with van der Waals surface area (Å²) in [6.07, 6.45) is -0.837. The van der Waals surface area contributed by atoms with Crippen LogP contribution in [0, 0.1) is 5.92 Å². The molecule has 0 aromatic heterocycles. The lowest BCUT2D eigenvalue weighted by Gasteiger charge is -2.29. The van der Waals surface area contributed by atoms with E-state index >= 15 is 0 Å². The Bertz CT molecular complexity index is 461. The number of ether oxygens (including phenoxy) is 5. The van der Waals surface area contributed by atoms with Crippen molar-refractivity contribution in [2.75, 3.05) is 66.0 Å². The summed E-state index contributed by atoms with van der Waals surface area (Å²) in [5.74, 6) is -0.286. The summed E-state index contributed by atoms with van der Waals surface area (Å²) in [4.78, 5) is 22.5. The number of nitrogens with one attached hydrogen (secondary N) is 1. The number of carbonyl (C=O) groups excluding carboxylic acids is 2. The molecule has 8 nitrogen and oxygen atoms in total. The number of halogens is 1. The van der Waals surface area contributed by atoms with Gasteiger partial charge >= 0.3 is 0 Å². The van der Waals surface area contributed by atoms with Gasteiger partial charge in [-0.3, -0.25) is 9.59 Å². The maximum Gasteiger partial charge on any atom is 0.222 e. The van der Waals surface area contributed by atoms with Gasteiger partial charge in [-0.1, -0.05) is 20.8 Å². The Morgan fingerprint density at radius 1 is 0.867 bits per heavy atom. The smallest absolute Gasteiger partial charge is 0.222 e. The van der Waals surface area contributed by atoms with Crippen molar-refractivity contribution in [1.82, 2.24) is 5.32 Å². The van der Waals surface area contributed by atoms with E-state index in [2.05, 4.69) is 5.32 Å². The Morgan fingerprint density at radius 2 is 1.33 bits per heavy atom. The van der Waals surface area contributed by atoms with Gasteiger partial charge in [-0.15, -0.1) is 0 Å². The molecule has 1 unspecified atom stereocenters. The monoisotopic (exact) mass is 437 g/mol. The molecule has 0 saturated carbocycles. The largest absolute Gasteiger partial charge is 0.377 e. The normalized spacial score (nSPS) is 12.9. The Labute approximate surface area is 180 Å². The lowest BCUT2D eigenvalue weighted by Crippen LogP contribution is -2.45. The summed E-state index contributed by atoms with van der Waals surface area (Å²) in [6, 6.07) is 0. The number of amides is 1. The number of hydrogen-bond donors (Lipinski definition) is 1. The zero-order valence-corrected chi connectivity index (χ0v) is 19.2. The zero-order valence-electron chi connectivity index (χ0n) is 19.2. The van der Waals surface area contributed by atoms with Crippen LogP contribution < -0.4 is 5.32 Å². The summed E-state index contributed by atoms with van der Waals surface area (Å²) >= 11 is 0. The van der Waals surface area contributed by atoms with E-state index in [0.717, 1.165) is 0 Å². The molecule has 0 heterocycles. The molecule has 9 heteroatoms. The van der Waals surface area contributed by atoms with Crippen molar-refractivity contribution < 1.29 is 37.7 Å². The first-order valence-electron chi connectivity index (χ1n) is 10.6.